The Morgan fingerprint density at radius 3 is 2.81 bits per heavy atom. The molecule has 1 atom stereocenters. The van der Waals surface area contributed by atoms with Crippen molar-refractivity contribution in [3.05, 3.63) is 11.8 Å². The van der Waals surface area contributed by atoms with Crippen LogP contribution in [0.3, 0.4) is 0 Å². The third kappa shape index (κ3) is 4.82. The van der Waals surface area contributed by atoms with Gasteiger partial charge in [-0.2, -0.15) is 0 Å². The van der Waals surface area contributed by atoms with Gasteiger partial charge >= 0.3 is 0 Å². The normalized spacial score (nSPS) is 22.7. The molecule has 120 valence electrons. The van der Waals surface area contributed by atoms with Gasteiger partial charge in [0.05, 0.1) is 6.54 Å². The van der Waals surface area contributed by atoms with Crippen LogP contribution >= 0.6 is 0 Å². The van der Waals surface area contributed by atoms with Gasteiger partial charge in [0.2, 0.25) is 5.91 Å². The van der Waals surface area contributed by atoms with Gasteiger partial charge in [-0.3, -0.25) is 9.69 Å². The molecule has 0 spiro atoms. The SMILES string of the molecule is CC(C)N(CC(=O)N(C)C1=CCCC1)CC1CCCNC1. The molecule has 0 radical (unpaired) electrons. The van der Waals surface area contributed by atoms with Crippen molar-refractivity contribution < 1.29 is 4.79 Å². The predicted octanol–water partition coefficient (Wildman–Crippen LogP) is 2.22. The number of nitrogens with one attached hydrogen (secondary N) is 1. The molecule has 4 heteroatoms. The van der Waals surface area contributed by atoms with E-state index in [1.54, 1.807) is 0 Å². The van der Waals surface area contributed by atoms with Gasteiger partial charge < -0.3 is 10.2 Å². The van der Waals surface area contributed by atoms with Crippen LogP contribution in [0.15, 0.2) is 11.8 Å². The number of rotatable bonds is 6. The van der Waals surface area contributed by atoms with Crippen LogP contribution in [0.5, 0.6) is 0 Å². The number of hydrogen-bond donors (Lipinski definition) is 1. The van der Waals surface area contributed by atoms with E-state index in [2.05, 4.69) is 30.1 Å². The molecule has 2 rings (SSSR count). The quantitative estimate of drug-likeness (QED) is 0.815. The Balaban J connectivity index is 1.87. The van der Waals surface area contributed by atoms with E-state index in [-0.39, 0.29) is 5.91 Å². The van der Waals surface area contributed by atoms with Gasteiger partial charge in [0.15, 0.2) is 0 Å². The molecule has 1 aliphatic carbocycles. The van der Waals surface area contributed by atoms with Crippen LogP contribution < -0.4 is 5.32 Å². The first kappa shape index (κ1) is 16.5. The van der Waals surface area contributed by atoms with Crippen LogP contribution in [0.4, 0.5) is 0 Å². The zero-order valence-corrected chi connectivity index (χ0v) is 13.9. The first-order chi connectivity index (χ1) is 10.1. The molecule has 1 aliphatic heterocycles. The van der Waals surface area contributed by atoms with Gasteiger partial charge in [-0.25, -0.2) is 0 Å². The molecule has 4 nitrogen and oxygen atoms in total. The molecule has 1 unspecified atom stereocenters. The van der Waals surface area contributed by atoms with E-state index in [0.29, 0.717) is 18.5 Å². The summed E-state index contributed by atoms with van der Waals surface area (Å²) >= 11 is 0. The Morgan fingerprint density at radius 1 is 1.43 bits per heavy atom. The average Bonchev–Trinajstić information content (AvgIpc) is 3.00. The Hall–Kier alpha value is -0.870. The lowest BCUT2D eigenvalue weighted by atomic mass is 9.98. The molecule has 21 heavy (non-hydrogen) atoms. The van der Waals surface area contributed by atoms with E-state index < -0.39 is 0 Å². The Labute approximate surface area is 129 Å². The lowest BCUT2D eigenvalue weighted by Crippen LogP contribution is -2.45. The highest BCUT2D eigenvalue weighted by Crippen LogP contribution is 2.21. The van der Waals surface area contributed by atoms with Crippen molar-refractivity contribution in [1.82, 2.24) is 15.1 Å². The van der Waals surface area contributed by atoms with Gasteiger partial charge in [0.25, 0.3) is 0 Å². The maximum Gasteiger partial charge on any atom is 0.240 e. The van der Waals surface area contributed by atoms with Crippen molar-refractivity contribution in [1.29, 1.82) is 0 Å². The van der Waals surface area contributed by atoms with Gasteiger partial charge in [0.1, 0.15) is 0 Å². The van der Waals surface area contributed by atoms with Crippen LogP contribution in [0.2, 0.25) is 0 Å². The van der Waals surface area contributed by atoms with Crippen molar-refractivity contribution in [2.24, 2.45) is 5.92 Å². The molecule has 1 N–H and O–H groups in total. The minimum atomic E-state index is 0.237. The standard InChI is InChI=1S/C17H31N3O/c1-14(2)20(12-15-7-6-10-18-11-15)13-17(21)19(3)16-8-4-5-9-16/h8,14-15,18H,4-7,9-13H2,1-3H3. The molecule has 1 saturated heterocycles. The Morgan fingerprint density at radius 2 is 2.24 bits per heavy atom. The predicted molar refractivity (Wildman–Crippen MR) is 87.0 cm³/mol. The van der Waals surface area contributed by atoms with E-state index in [1.807, 2.05) is 11.9 Å². The summed E-state index contributed by atoms with van der Waals surface area (Å²) in [4.78, 5) is 16.7. The minimum Gasteiger partial charge on any atom is -0.318 e. The summed E-state index contributed by atoms with van der Waals surface area (Å²) in [5, 5.41) is 3.47. The van der Waals surface area contributed by atoms with E-state index in [4.69, 9.17) is 0 Å². The molecular weight excluding hydrogens is 262 g/mol. The van der Waals surface area contributed by atoms with Crippen molar-refractivity contribution in [2.45, 2.75) is 52.0 Å². The van der Waals surface area contributed by atoms with Gasteiger partial charge in [-0.15, -0.1) is 0 Å². The number of hydrogen-bond acceptors (Lipinski definition) is 3. The number of allylic oxidation sites excluding steroid dienone is 2. The fourth-order valence-corrected chi connectivity index (χ4v) is 3.27. The van der Waals surface area contributed by atoms with Crippen LogP contribution in [0.1, 0.15) is 46.0 Å². The molecule has 1 amide bonds. The number of likely N-dealkylation sites (N-methyl/N-ethyl adjacent to an activating group) is 1. The maximum absolute atomic E-state index is 12.5. The minimum absolute atomic E-state index is 0.237. The Kier molecular flexibility index (Phi) is 6.24. The monoisotopic (exact) mass is 293 g/mol. The summed E-state index contributed by atoms with van der Waals surface area (Å²) in [5.41, 5.74) is 1.21. The summed E-state index contributed by atoms with van der Waals surface area (Å²) in [5.74, 6) is 0.922. The van der Waals surface area contributed by atoms with E-state index in [1.165, 1.54) is 25.0 Å². The van der Waals surface area contributed by atoms with E-state index in [9.17, 15) is 4.79 Å². The highest BCUT2D eigenvalue weighted by molar-refractivity contribution is 5.79. The van der Waals surface area contributed by atoms with Crippen molar-refractivity contribution in [3.8, 4) is 0 Å². The molecule has 1 fully saturated rings. The molecule has 0 saturated carbocycles. The third-order valence-electron chi connectivity index (χ3n) is 4.78. The smallest absolute Gasteiger partial charge is 0.240 e. The second-order valence-corrected chi connectivity index (χ2v) is 6.78. The second-order valence-electron chi connectivity index (χ2n) is 6.78. The second kappa shape index (κ2) is 7.95. The summed E-state index contributed by atoms with van der Waals surface area (Å²) in [6.45, 7) is 8.20. The lowest BCUT2D eigenvalue weighted by molar-refractivity contribution is -0.130. The van der Waals surface area contributed by atoms with Gasteiger partial charge in [-0.05, 0) is 65.0 Å². The molecule has 0 bridgehead atoms. The molecule has 2 aliphatic rings. The topological polar surface area (TPSA) is 35.6 Å². The van der Waals surface area contributed by atoms with Crippen LogP contribution in [-0.4, -0.2) is 55.0 Å². The van der Waals surface area contributed by atoms with E-state index >= 15 is 0 Å². The molecular formula is C17H31N3O. The van der Waals surface area contributed by atoms with Gasteiger partial charge in [0, 0.05) is 25.3 Å². The molecule has 0 aromatic rings. The Bertz CT molecular complexity index is 372. The summed E-state index contributed by atoms with van der Waals surface area (Å²) in [6, 6.07) is 0.418. The van der Waals surface area contributed by atoms with Crippen LogP contribution in [-0.2, 0) is 4.79 Å². The van der Waals surface area contributed by atoms with Crippen LogP contribution in [0.25, 0.3) is 0 Å². The van der Waals surface area contributed by atoms with Crippen molar-refractivity contribution in [3.63, 3.8) is 0 Å². The number of nitrogens with zero attached hydrogens (tertiary/aromatic N) is 2. The third-order valence-corrected chi connectivity index (χ3v) is 4.78. The number of piperidine rings is 1. The molecule has 0 aromatic heterocycles. The highest BCUT2D eigenvalue weighted by atomic mass is 16.2. The van der Waals surface area contributed by atoms with Gasteiger partial charge in [-0.1, -0.05) is 6.08 Å². The lowest BCUT2D eigenvalue weighted by Gasteiger charge is -2.33. The van der Waals surface area contributed by atoms with Crippen molar-refractivity contribution >= 4 is 5.91 Å². The first-order valence-electron chi connectivity index (χ1n) is 8.48. The number of amides is 1. The molecule has 0 aromatic carbocycles. The average molecular weight is 293 g/mol. The van der Waals surface area contributed by atoms with E-state index in [0.717, 1.165) is 32.5 Å². The maximum atomic E-state index is 12.5. The fourth-order valence-electron chi connectivity index (χ4n) is 3.27. The zero-order chi connectivity index (χ0) is 15.2. The van der Waals surface area contributed by atoms with Crippen LogP contribution in [0, 0.1) is 5.92 Å². The largest absolute Gasteiger partial charge is 0.318 e. The zero-order valence-electron chi connectivity index (χ0n) is 13.9. The van der Waals surface area contributed by atoms with Crippen molar-refractivity contribution in [2.75, 3.05) is 33.2 Å². The fraction of sp³-hybridized carbons (Fsp3) is 0.824. The summed E-state index contributed by atoms with van der Waals surface area (Å²) < 4.78 is 0. The number of carbonyl (C=O) groups is 1. The first-order valence-corrected chi connectivity index (χ1v) is 8.48. The summed E-state index contributed by atoms with van der Waals surface area (Å²) in [7, 11) is 1.93. The number of carbonyl (C=O) groups excluding carboxylic acids is 1. The molecule has 1 heterocycles. The summed E-state index contributed by atoms with van der Waals surface area (Å²) in [6.07, 6.45) is 8.12. The highest BCUT2D eigenvalue weighted by Gasteiger charge is 2.23.